The topological polar surface area (TPSA) is 32.5 Å². The molecule has 1 unspecified atom stereocenters. The maximum absolute atomic E-state index is 5.55. The largest absolute Gasteiger partial charge is 0.330 e. The van der Waals surface area contributed by atoms with E-state index in [4.69, 9.17) is 5.73 Å². The summed E-state index contributed by atoms with van der Waals surface area (Å²) in [6, 6.07) is 0. The van der Waals surface area contributed by atoms with Crippen LogP contribution in [0.1, 0.15) is 20.3 Å². The van der Waals surface area contributed by atoms with E-state index < -0.39 is 0 Å². The highest BCUT2D eigenvalue weighted by atomic mass is 15.3. The first kappa shape index (κ1) is 12.0. The molecule has 1 atom stereocenters. The molecule has 1 fully saturated rings. The molecule has 1 aliphatic rings. The zero-order chi connectivity index (χ0) is 10.4. The van der Waals surface area contributed by atoms with Gasteiger partial charge in [0.1, 0.15) is 0 Å². The van der Waals surface area contributed by atoms with Crippen molar-refractivity contribution in [3.05, 3.63) is 0 Å². The Balaban J connectivity index is 2.15. The second-order valence-corrected chi connectivity index (χ2v) is 4.42. The van der Waals surface area contributed by atoms with Crippen LogP contribution in [0.25, 0.3) is 0 Å². The second kappa shape index (κ2) is 6.38. The van der Waals surface area contributed by atoms with Crippen LogP contribution in [0.5, 0.6) is 0 Å². The van der Waals surface area contributed by atoms with Crippen molar-refractivity contribution in [2.75, 3.05) is 45.8 Å². The van der Waals surface area contributed by atoms with Crippen molar-refractivity contribution < 1.29 is 0 Å². The maximum atomic E-state index is 5.55. The Morgan fingerprint density at radius 3 is 2.21 bits per heavy atom. The summed E-state index contributed by atoms with van der Waals surface area (Å²) in [5.74, 6) is 0.758. The van der Waals surface area contributed by atoms with E-state index in [0.29, 0.717) is 0 Å². The monoisotopic (exact) mass is 199 g/mol. The molecule has 3 heteroatoms. The summed E-state index contributed by atoms with van der Waals surface area (Å²) < 4.78 is 0. The zero-order valence-electron chi connectivity index (χ0n) is 9.71. The lowest BCUT2D eigenvalue weighted by Crippen LogP contribution is -2.47. The quantitative estimate of drug-likeness (QED) is 0.704. The Kier molecular flexibility index (Phi) is 5.45. The highest BCUT2D eigenvalue weighted by Gasteiger charge is 2.16. The molecule has 0 radical (unpaired) electrons. The fourth-order valence-corrected chi connectivity index (χ4v) is 2.10. The first-order valence-corrected chi connectivity index (χ1v) is 5.91. The molecule has 1 heterocycles. The molecule has 0 aromatic carbocycles. The maximum Gasteiger partial charge on any atom is 0.0110 e. The van der Waals surface area contributed by atoms with Crippen molar-refractivity contribution in [2.45, 2.75) is 20.3 Å². The van der Waals surface area contributed by atoms with Crippen molar-refractivity contribution in [1.29, 1.82) is 0 Å². The van der Waals surface area contributed by atoms with Gasteiger partial charge in [0.2, 0.25) is 0 Å². The van der Waals surface area contributed by atoms with Crippen LogP contribution in [0.3, 0.4) is 0 Å². The van der Waals surface area contributed by atoms with Crippen LogP contribution in [0.15, 0.2) is 0 Å². The van der Waals surface area contributed by atoms with E-state index in [9.17, 15) is 0 Å². The number of likely N-dealkylation sites (N-methyl/N-ethyl adjacent to an activating group) is 1. The summed E-state index contributed by atoms with van der Waals surface area (Å²) in [6.45, 7) is 12.8. The van der Waals surface area contributed by atoms with E-state index in [-0.39, 0.29) is 0 Å². The lowest BCUT2D eigenvalue weighted by Gasteiger charge is -2.35. The van der Waals surface area contributed by atoms with E-state index in [1.54, 1.807) is 0 Å². The van der Waals surface area contributed by atoms with Gasteiger partial charge in [-0.05, 0) is 25.4 Å². The third-order valence-corrected chi connectivity index (χ3v) is 3.14. The number of rotatable bonds is 5. The number of piperazine rings is 1. The number of hydrogen-bond acceptors (Lipinski definition) is 3. The van der Waals surface area contributed by atoms with Crippen LogP contribution < -0.4 is 5.73 Å². The van der Waals surface area contributed by atoms with Crippen LogP contribution in [0, 0.1) is 5.92 Å². The van der Waals surface area contributed by atoms with E-state index >= 15 is 0 Å². The van der Waals surface area contributed by atoms with E-state index in [2.05, 4.69) is 23.6 Å². The number of nitrogens with zero attached hydrogens (tertiary/aromatic N) is 2. The summed E-state index contributed by atoms with van der Waals surface area (Å²) in [6.07, 6.45) is 1.16. The molecule has 0 spiro atoms. The third kappa shape index (κ3) is 3.95. The molecule has 1 aliphatic heterocycles. The Hall–Kier alpha value is -0.120. The van der Waals surface area contributed by atoms with Crippen molar-refractivity contribution in [3.8, 4) is 0 Å². The number of nitrogens with two attached hydrogens (primary N) is 1. The van der Waals surface area contributed by atoms with Gasteiger partial charge in [-0.2, -0.15) is 0 Å². The molecule has 0 saturated carbocycles. The van der Waals surface area contributed by atoms with Gasteiger partial charge in [0, 0.05) is 32.7 Å². The molecule has 0 bridgehead atoms. The Bertz CT molecular complexity index is 141. The molecule has 0 aromatic rings. The van der Waals surface area contributed by atoms with Gasteiger partial charge >= 0.3 is 0 Å². The van der Waals surface area contributed by atoms with Crippen LogP contribution >= 0.6 is 0 Å². The van der Waals surface area contributed by atoms with E-state index in [1.807, 2.05) is 0 Å². The highest BCUT2D eigenvalue weighted by molar-refractivity contribution is 4.72. The molecule has 0 aliphatic carbocycles. The van der Waals surface area contributed by atoms with E-state index in [1.165, 1.54) is 39.3 Å². The van der Waals surface area contributed by atoms with Crippen LogP contribution in [0.2, 0.25) is 0 Å². The molecule has 0 amide bonds. The Morgan fingerprint density at radius 2 is 1.71 bits per heavy atom. The zero-order valence-corrected chi connectivity index (χ0v) is 9.71. The molecule has 84 valence electrons. The van der Waals surface area contributed by atoms with Crippen molar-refractivity contribution in [2.24, 2.45) is 11.7 Å². The molecule has 1 rings (SSSR count). The van der Waals surface area contributed by atoms with Crippen LogP contribution in [-0.2, 0) is 0 Å². The molecule has 1 saturated heterocycles. The highest BCUT2D eigenvalue weighted by Crippen LogP contribution is 2.07. The molecular formula is C11H25N3. The fraction of sp³-hybridized carbons (Fsp3) is 1.00. The predicted octanol–water partition coefficient (Wildman–Crippen LogP) is 0.609. The first-order valence-electron chi connectivity index (χ1n) is 5.91. The summed E-state index contributed by atoms with van der Waals surface area (Å²) in [5, 5.41) is 0. The Morgan fingerprint density at radius 1 is 1.14 bits per heavy atom. The fourth-order valence-electron chi connectivity index (χ4n) is 2.10. The summed E-state index contributed by atoms with van der Waals surface area (Å²) in [5.41, 5.74) is 5.55. The van der Waals surface area contributed by atoms with Gasteiger partial charge < -0.3 is 15.5 Å². The average Bonchev–Trinajstić information content (AvgIpc) is 2.19. The summed E-state index contributed by atoms with van der Waals surface area (Å²) in [4.78, 5) is 5.09. The van der Waals surface area contributed by atoms with Gasteiger partial charge in [-0.25, -0.2) is 0 Å². The smallest absolute Gasteiger partial charge is 0.0110 e. The SMILES string of the molecule is CCN1CCN(CC(C)CCN)CC1. The van der Waals surface area contributed by atoms with Crippen molar-refractivity contribution >= 4 is 0 Å². The van der Waals surface area contributed by atoms with Crippen molar-refractivity contribution in [3.63, 3.8) is 0 Å². The van der Waals surface area contributed by atoms with Gasteiger partial charge in [0.05, 0.1) is 0 Å². The lowest BCUT2D eigenvalue weighted by molar-refractivity contribution is 0.123. The number of hydrogen-bond donors (Lipinski definition) is 1. The second-order valence-electron chi connectivity index (χ2n) is 4.42. The molecule has 3 nitrogen and oxygen atoms in total. The minimum Gasteiger partial charge on any atom is -0.330 e. The Labute approximate surface area is 88.2 Å². The average molecular weight is 199 g/mol. The molecular weight excluding hydrogens is 174 g/mol. The normalized spacial score (nSPS) is 22.5. The lowest BCUT2D eigenvalue weighted by atomic mass is 10.1. The summed E-state index contributed by atoms with van der Waals surface area (Å²) in [7, 11) is 0. The molecule has 0 aromatic heterocycles. The summed E-state index contributed by atoms with van der Waals surface area (Å²) >= 11 is 0. The minimum atomic E-state index is 0.758. The van der Waals surface area contributed by atoms with Gasteiger partial charge in [-0.3, -0.25) is 0 Å². The van der Waals surface area contributed by atoms with Crippen LogP contribution in [-0.4, -0.2) is 55.6 Å². The minimum absolute atomic E-state index is 0.758. The van der Waals surface area contributed by atoms with Gasteiger partial charge in [-0.1, -0.05) is 13.8 Å². The van der Waals surface area contributed by atoms with Gasteiger partial charge in [-0.15, -0.1) is 0 Å². The first-order chi connectivity index (χ1) is 6.76. The molecule has 2 N–H and O–H groups in total. The van der Waals surface area contributed by atoms with Gasteiger partial charge in [0.15, 0.2) is 0 Å². The predicted molar refractivity (Wildman–Crippen MR) is 61.4 cm³/mol. The third-order valence-electron chi connectivity index (χ3n) is 3.14. The van der Waals surface area contributed by atoms with Gasteiger partial charge in [0.25, 0.3) is 0 Å². The van der Waals surface area contributed by atoms with E-state index in [0.717, 1.165) is 18.9 Å². The van der Waals surface area contributed by atoms with Crippen LogP contribution in [0.4, 0.5) is 0 Å². The standard InChI is InChI=1S/C11H25N3/c1-3-13-6-8-14(9-7-13)10-11(2)4-5-12/h11H,3-10,12H2,1-2H3. The van der Waals surface area contributed by atoms with Crippen molar-refractivity contribution in [1.82, 2.24) is 9.80 Å². The molecule has 14 heavy (non-hydrogen) atoms.